The molecule has 0 aliphatic rings. The van der Waals surface area contributed by atoms with Crippen LogP contribution in [0.2, 0.25) is 0 Å². The standard InChI is InChI=1S/C13H16BrN3/c1-9(11-6-4-5-7-12(11)14)15-13-8-17(3)16-10(13)2/h4-9,15H,1-3H3. The number of aromatic nitrogens is 2. The minimum atomic E-state index is 0.244. The molecule has 0 fully saturated rings. The zero-order chi connectivity index (χ0) is 12.4. The van der Waals surface area contributed by atoms with Gasteiger partial charge in [0.05, 0.1) is 11.4 Å². The summed E-state index contributed by atoms with van der Waals surface area (Å²) < 4.78 is 2.95. The zero-order valence-corrected chi connectivity index (χ0v) is 11.8. The summed E-state index contributed by atoms with van der Waals surface area (Å²) in [4.78, 5) is 0. The molecule has 90 valence electrons. The highest BCUT2D eigenvalue weighted by Crippen LogP contribution is 2.26. The largest absolute Gasteiger partial charge is 0.376 e. The number of anilines is 1. The van der Waals surface area contributed by atoms with Crippen LogP contribution in [0, 0.1) is 6.92 Å². The Morgan fingerprint density at radius 2 is 2.06 bits per heavy atom. The van der Waals surface area contributed by atoms with Crippen molar-refractivity contribution in [2.75, 3.05) is 5.32 Å². The molecule has 1 heterocycles. The Morgan fingerprint density at radius 1 is 1.35 bits per heavy atom. The molecule has 17 heavy (non-hydrogen) atoms. The van der Waals surface area contributed by atoms with E-state index < -0.39 is 0 Å². The maximum Gasteiger partial charge on any atom is 0.0825 e. The van der Waals surface area contributed by atoms with Gasteiger partial charge in [0.1, 0.15) is 0 Å². The molecule has 2 rings (SSSR count). The van der Waals surface area contributed by atoms with Crippen LogP contribution in [0.4, 0.5) is 5.69 Å². The molecule has 4 heteroatoms. The highest BCUT2D eigenvalue weighted by Gasteiger charge is 2.11. The molecular formula is C13H16BrN3. The van der Waals surface area contributed by atoms with Gasteiger partial charge in [-0.05, 0) is 25.5 Å². The van der Waals surface area contributed by atoms with Crippen LogP contribution in [0.25, 0.3) is 0 Å². The molecular weight excluding hydrogens is 278 g/mol. The predicted octanol–water partition coefficient (Wildman–Crippen LogP) is 3.66. The van der Waals surface area contributed by atoms with Crippen molar-refractivity contribution in [2.45, 2.75) is 19.9 Å². The second kappa shape index (κ2) is 4.92. The van der Waals surface area contributed by atoms with Crippen LogP contribution in [-0.4, -0.2) is 9.78 Å². The molecule has 3 nitrogen and oxygen atoms in total. The van der Waals surface area contributed by atoms with Gasteiger partial charge in [-0.25, -0.2) is 0 Å². The number of hydrogen-bond donors (Lipinski definition) is 1. The minimum Gasteiger partial charge on any atom is -0.376 e. The Balaban J connectivity index is 2.20. The van der Waals surface area contributed by atoms with E-state index in [4.69, 9.17) is 0 Å². The monoisotopic (exact) mass is 293 g/mol. The number of aryl methyl sites for hydroxylation is 2. The van der Waals surface area contributed by atoms with E-state index in [0.29, 0.717) is 0 Å². The van der Waals surface area contributed by atoms with Crippen LogP contribution in [0.3, 0.4) is 0 Å². The third-order valence-electron chi connectivity index (χ3n) is 2.76. The molecule has 0 saturated carbocycles. The van der Waals surface area contributed by atoms with Gasteiger partial charge in [0.25, 0.3) is 0 Å². The average Bonchev–Trinajstić information content (AvgIpc) is 2.58. The molecule has 0 amide bonds. The molecule has 1 N–H and O–H groups in total. The van der Waals surface area contributed by atoms with Gasteiger partial charge >= 0.3 is 0 Å². The number of rotatable bonds is 3. The highest BCUT2D eigenvalue weighted by molar-refractivity contribution is 9.10. The van der Waals surface area contributed by atoms with Gasteiger partial charge in [0.2, 0.25) is 0 Å². The maximum absolute atomic E-state index is 4.32. The van der Waals surface area contributed by atoms with Crippen molar-refractivity contribution >= 4 is 21.6 Å². The van der Waals surface area contributed by atoms with Crippen LogP contribution in [-0.2, 0) is 7.05 Å². The number of halogens is 1. The van der Waals surface area contributed by atoms with Crippen molar-refractivity contribution in [2.24, 2.45) is 7.05 Å². The summed E-state index contributed by atoms with van der Waals surface area (Å²) in [6.45, 7) is 4.15. The van der Waals surface area contributed by atoms with Gasteiger partial charge in [0.15, 0.2) is 0 Å². The molecule has 0 bridgehead atoms. The number of benzene rings is 1. The van der Waals surface area contributed by atoms with Crippen LogP contribution in [0.15, 0.2) is 34.9 Å². The van der Waals surface area contributed by atoms with Crippen LogP contribution in [0.5, 0.6) is 0 Å². The SMILES string of the molecule is Cc1nn(C)cc1NC(C)c1ccccc1Br. The Labute approximate surface area is 110 Å². The second-order valence-corrected chi connectivity index (χ2v) is 5.04. The van der Waals surface area contributed by atoms with Crippen LogP contribution >= 0.6 is 15.9 Å². The molecule has 0 spiro atoms. The lowest BCUT2D eigenvalue weighted by atomic mass is 10.1. The third-order valence-corrected chi connectivity index (χ3v) is 3.48. The molecule has 0 saturated heterocycles. The Bertz CT molecular complexity index is 519. The second-order valence-electron chi connectivity index (χ2n) is 4.19. The summed E-state index contributed by atoms with van der Waals surface area (Å²) in [5.74, 6) is 0. The van der Waals surface area contributed by atoms with E-state index in [-0.39, 0.29) is 6.04 Å². The topological polar surface area (TPSA) is 29.9 Å². The van der Waals surface area contributed by atoms with E-state index >= 15 is 0 Å². The van der Waals surface area contributed by atoms with Gasteiger partial charge in [-0.15, -0.1) is 0 Å². The van der Waals surface area contributed by atoms with Crippen molar-refractivity contribution in [3.63, 3.8) is 0 Å². The van der Waals surface area contributed by atoms with Crippen molar-refractivity contribution in [1.29, 1.82) is 0 Å². The zero-order valence-electron chi connectivity index (χ0n) is 10.2. The van der Waals surface area contributed by atoms with Crippen molar-refractivity contribution in [3.8, 4) is 0 Å². The van der Waals surface area contributed by atoms with Gasteiger partial charge in [-0.3, -0.25) is 4.68 Å². The minimum absolute atomic E-state index is 0.244. The first-order valence-electron chi connectivity index (χ1n) is 5.59. The fraction of sp³-hybridized carbons (Fsp3) is 0.308. The normalized spacial score (nSPS) is 12.5. The smallest absolute Gasteiger partial charge is 0.0825 e. The fourth-order valence-corrected chi connectivity index (χ4v) is 2.51. The first-order valence-corrected chi connectivity index (χ1v) is 6.38. The van der Waals surface area contributed by atoms with Crippen molar-refractivity contribution in [3.05, 3.63) is 46.2 Å². The Hall–Kier alpha value is -1.29. The van der Waals surface area contributed by atoms with Gasteiger partial charge in [-0.2, -0.15) is 5.10 Å². The molecule has 0 radical (unpaired) electrons. The van der Waals surface area contributed by atoms with E-state index in [1.807, 2.05) is 37.0 Å². The fourth-order valence-electron chi connectivity index (χ4n) is 1.88. The molecule has 1 aromatic heterocycles. The van der Waals surface area contributed by atoms with Gasteiger partial charge < -0.3 is 5.32 Å². The van der Waals surface area contributed by atoms with E-state index in [1.165, 1.54) is 5.56 Å². The Kier molecular flexibility index (Phi) is 3.52. The van der Waals surface area contributed by atoms with Gasteiger partial charge in [-0.1, -0.05) is 34.1 Å². The van der Waals surface area contributed by atoms with Crippen molar-refractivity contribution in [1.82, 2.24) is 9.78 Å². The summed E-state index contributed by atoms with van der Waals surface area (Å²) in [7, 11) is 1.93. The summed E-state index contributed by atoms with van der Waals surface area (Å²) in [5, 5.41) is 7.80. The molecule has 0 aliphatic carbocycles. The van der Waals surface area contributed by atoms with Crippen molar-refractivity contribution < 1.29 is 0 Å². The molecule has 1 aromatic carbocycles. The van der Waals surface area contributed by atoms with E-state index in [0.717, 1.165) is 15.9 Å². The highest BCUT2D eigenvalue weighted by atomic mass is 79.9. The first kappa shape index (κ1) is 12.2. The lowest BCUT2D eigenvalue weighted by Gasteiger charge is -2.16. The summed E-state index contributed by atoms with van der Waals surface area (Å²) in [5.41, 5.74) is 3.35. The number of nitrogens with zero attached hydrogens (tertiary/aromatic N) is 2. The van der Waals surface area contributed by atoms with E-state index in [1.54, 1.807) is 0 Å². The number of nitrogens with one attached hydrogen (secondary N) is 1. The predicted molar refractivity (Wildman–Crippen MR) is 74.1 cm³/mol. The molecule has 1 unspecified atom stereocenters. The molecule has 1 atom stereocenters. The quantitative estimate of drug-likeness (QED) is 0.936. The summed E-state index contributed by atoms with van der Waals surface area (Å²) >= 11 is 3.57. The molecule has 0 aliphatic heterocycles. The average molecular weight is 294 g/mol. The third kappa shape index (κ3) is 2.69. The van der Waals surface area contributed by atoms with Crippen LogP contribution in [0.1, 0.15) is 24.2 Å². The van der Waals surface area contributed by atoms with Crippen LogP contribution < -0.4 is 5.32 Å². The lowest BCUT2D eigenvalue weighted by molar-refractivity contribution is 0.756. The van der Waals surface area contributed by atoms with E-state index in [2.05, 4.69) is 45.4 Å². The Morgan fingerprint density at radius 3 is 2.65 bits per heavy atom. The van der Waals surface area contributed by atoms with E-state index in [9.17, 15) is 0 Å². The maximum atomic E-state index is 4.32. The lowest BCUT2D eigenvalue weighted by Crippen LogP contribution is -2.07. The number of hydrogen-bond acceptors (Lipinski definition) is 2. The van der Waals surface area contributed by atoms with Gasteiger partial charge in [0, 0.05) is 23.8 Å². The summed E-state index contributed by atoms with van der Waals surface area (Å²) in [6, 6.07) is 8.50. The first-order chi connectivity index (χ1) is 8.08. The summed E-state index contributed by atoms with van der Waals surface area (Å²) in [6.07, 6.45) is 2.00. The molecule has 2 aromatic rings.